The van der Waals surface area contributed by atoms with Crippen LogP contribution in [0.4, 0.5) is 0 Å². The van der Waals surface area contributed by atoms with Gasteiger partial charge in [-0.1, -0.05) is 18.9 Å². The first-order chi connectivity index (χ1) is 10.0. The van der Waals surface area contributed by atoms with Crippen LogP contribution in [0.2, 0.25) is 0 Å². The molecule has 21 heavy (non-hydrogen) atoms. The van der Waals surface area contributed by atoms with Crippen LogP contribution < -0.4 is 10.1 Å². The number of carbonyl (C=O) groups is 2. The molecule has 0 bridgehead atoms. The van der Waals surface area contributed by atoms with E-state index in [4.69, 9.17) is 4.74 Å². The average molecular weight is 293 g/mol. The lowest BCUT2D eigenvalue weighted by Crippen LogP contribution is -2.45. The minimum atomic E-state index is -0.894. The van der Waals surface area contributed by atoms with Gasteiger partial charge >= 0.3 is 5.97 Å². The number of phenols is 1. The van der Waals surface area contributed by atoms with Crippen molar-refractivity contribution < 1.29 is 24.5 Å². The monoisotopic (exact) mass is 293 g/mol. The Morgan fingerprint density at radius 1 is 1.29 bits per heavy atom. The van der Waals surface area contributed by atoms with E-state index in [2.05, 4.69) is 5.32 Å². The summed E-state index contributed by atoms with van der Waals surface area (Å²) in [6.07, 6.45) is 2.93. The van der Waals surface area contributed by atoms with Gasteiger partial charge in [0, 0.05) is 6.04 Å². The van der Waals surface area contributed by atoms with Crippen LogP contribution in [0.25, 0.3) is 0 Å². The molecule has 3 N–H and O–H groups in total. The summed E-state index contributed by atoms with van der Waals surface area (Å²) in [4.78, 5) is 23.5. The van der Waals surface area contributed by atoms with E-state index in [-0.39, 0.29) is 17.1 Å². The van der Waals surface area contributed by atoms with Gasteiger partial charge in [-0.15, -0.1) is 0 Å². The molecule has 0 aromatic heterocycles. The first kappa shape index (κ1) is 15.2. The van der Waals surface area contributed by atoms with Crippen molar-refractivity contribution >= 4 is 11.9 Å². The van der Waals surface area contributed by atoms with Crippen LogP contribution in [0.1, 0.15) is 36.0 Å². The maximum Gasteiger partial charge on any atom is 0.308 e. The standard InChI is InChI=1S/C15H19NO5/c1-21-12-8-4-6-10(13(12)17)14(18)16-11-7-3-2-5-9(11)15(19)20/h4,6,8-9,11,17H,2-3,5,7H2,1H3,(H,16,18)(H,19,20). The molecule has 1 fully saturated rings. The van der Waals surface area contributed by atoms with E-state index in [0.29, 0.717) is 12.8 Å². The third-order valence-corrected chi connectivity index (χ3v) is 3.86. The summed E-state index contributed by atoms with van der Waals surface area (Å²) in [5.41, 5.74) is 0.0871. The van der Waals surface area contributed by atoms with Gasteiger partial charge in [0.25, 0.3) is 5.91 Å². The summed E-state index contributed by atoms with van der Waals surface area (Å²) in [6.45, 7) is 0. The summed E-state index contributed by atoms with van der Waals surface area (Å²) in [6, 6.07) is 4.22. The quantitative estimate of drug-likeness (QED) is 0.786. The van der Waals surface area contributed by atoms with E-state index in [0.717, 1.165) is 12.8 Å². The Hall–Kier alpha value is -2.24. The van der Waals surface area contributed by atoms with Crippen LogP contribution in [0, 0.1) is 5.92 Å². The number of benzene rings is 1. The van der Waals surface area contributed by atoms with Gasteiger partial charge in [0.2, 0.25) is 0 Å². The second-order valence-corrected chi connectivity index (χ2v) is 5.17. The van der Waals surface area contributed by atoms with Crippen LogP contribution in [0.15, 0.2) is 18.2 Å². The summed E-state index contributed by atoms with van der Waals surface area (Å²) in [7, 11) is 1.40. The number of hydrogen-bond acceptors (Lipinski definition) is 4. The number of aromatic hydroxyl groups is 1. The van der Waals surface area contributed by atoms with Crippen molar-refractivity contribution in [3.05, 3.63) is 23.8 Å². The number of methoxy groups -OCH3 is 1. The molecule has 0 aliphatic heterocycles. The molecule has 0 saturated heterocycles. The molecule has 1 amide bonds. The molecule has 2 atom stereocenters. The molecule has 114 valence electrons. The molecule has 6 nitrogen and oxygen atoms in total. The van der Waals surface area contributed by atoms with Crippen LogP contribution in [-0.4, -0.2) is 35.2 Å². The van der Waals surface area contributed by atoms with Crippen LogP contribution in [0.3, 0.4) is 0 Å². The highest BCUT2D eigenvalue weighted by Crippen LogP contribution is 2.30. The molecule has 0 radical (unpaired) electrons. The first-order valence-electron chi connectivity index (χ1n) is 6.94. The molecule has 1 aromatic rings. The molecule has 1 aliphatic carbocycles. The van der Waals surface area contributed by atoms with Gasteiger partial charge in [0.05, 0.1) is 18.6 Å². The fraction of sp³-hybridized carbons (Fsp3) is 0.467. The summed E-state index contributed by atoms with van der Waals surface area (Å²) in [5.74, 6) is -1.98. The topological polar surface area (TPSA) is 95.9 Å². The molecule has 2 rings (SSSR count). The lowest BCUT2D eigenvalue weighted by Gasteiger charge is -2.29. The Morgan fingerprint density at radius 3 is 2.67 bits per heavy atom. The number of nitrogens with one attached hydrogen (secondary N) is 1. The lowest BCUT2D eigenvalue weighted by molar-refractivity contribution is -0.143. The molecule has 2 unspecified atom stereocenters. The third kappa shape index (κ3) is 3.26. The highest BCUT2D eigenvalue weighted by Gasteiger charge is 2.32. The number of aliphatic carboxylic acids is 1. The number of carbonyl (C=O) groups excluding carboxylic acids is 1. The predicted molar refractivity (Wildman–Crippen MR) is 75.5 cm³/mol. The molecule has 6 heteroatoms. The van der Waals surface area contributed by atoms with Crippen molar-refractivity contribution in [2.75, 3.05) is 7.11 Å². The number of phenolic OH excluding ortho intramolecular Hbond substituents is 1. The van der Waals surface area contributed by atoms with Crippen molar-refractivity contribution in [2.45, 2.75) is 31.7 Å². The number of hydrogen-bond donors (Lipinski definition) is 3. The smallest absolute Gasteiger partial charge is 0.308 e. The molecule has 1 aromatic carbocycles. The summed E-state index contributed by atoms with van der Waals surface area (Å²) in [5, 5.41) is 21.9. The molecule has 1 aliphatic rings. The Morgan fingerprint density at radius 2 is 2.00 bits per heavy atom. The maximum atomic E-state index is 12.3. The highest BCUT2D eigenvalue weighted by molar-refractivity contribution is 5.98. The van der Waals surface area contributed by atoms with Crippen molar-refractivity contribution in [1.29, 1.82) is 0 Å². The van der Waals surface area contributed by atoms with Gasteiger partial charge in [0.1, 0.15) is 0 Å². The molecule has 0 heterocycles. The Labute approximate surface area is 122 Å². The van der Waals surface area contributed by atoms with Gasteiger partial charge in [0.15, 0.2) is 11.5 Å². The Kier molecular flexibility index (Phi) is 4.67. The highest BCUT2D eigenvalue weighted by atomic mass is 16.5. The van der Waals surface area contributed by atoms with E-state index < -0.39 is 23.8 Å². The van der Waals surface area contributed by atoms with E-state index in [1.54, 1.807) is 12.1 Å². The number of amides is 1. The minimum Gasteiger partial charge on any atom is -0.504 e. The second-order valence-electron chi connectivity index (χ2n) is 5.17. The van der Waals surface area contributed by atoms with E-state index in [9.17, 15) is 19.8 Å². The zero-order valence-electron chi connectivity index (χ0n) is 11.8. The fourth-order valence-electron chi connectivity index (χ4n) is 2.72. The van der Waals surface area contributed by atoms with E-state index in [1.165, 1.54) is 13.2 Å². The van der Waals surface area contributed by atoms with E-state index in [1.807, 2.05) is 0 Å². The lowest BCUT2D eigenvalue weighted by atomic mass is 9.84. The van der Waals surface area contributed by atoms with Crippen molar-refractivity contribution in [2.24, 2.45) is 5.92 Å². The SMILES string of the molecule is COc1cccc(C(=O)NC2CCCCC2C(=O)O)c1O. The van der Waals surface area contributed by atoms with Crippen LogP contribution in [-0.2, 0) is 4.79 Å². The van der Waals surface area contributed by atoms with Gasteiger partial charge in [-0.05, 0) is 25.0 Å². The van der Waals surface area contributed by atoms with E-state index >= 15 is 0 Å². The van der Waals surface area contributed by atoms with Crippen molar-refractivity contribution in [1.82, 2.24) is 5.32 Å². The van der Waals surface area contributed by atoms with Gasteiger partial charge < -0.3 is 20.3 Å². The predicted octanol–water partition coefficient (Wildman–Crippen LogP) is 1.77. The fourth-order valence-corrected chi connectivity index (χ4v) is 2.72. The zero-order chi connectivity index (χ0) is 15.4. The van der Waals surface area contributed by atoms with Crippen LogP contribution >= 0.6 is 0 Å². The second kappa shape index (κ2) is 6.47. The minimum absolute atomic E-state index is 0.0871. The number of carboxylic acids is 1. The summed E-state index contributed by atoms with van der Waals surface area (Å²) < 4.78 is 4.96. The maximum absolute atomic E-state index is 12.3. The van der Waals surface area contributed by atoms with Crippen molar-refractivity contribution in [3.63, 3.8) is 0 Å². The van der Waals surface area contributed by atoms with Gasteiger partial charge in [-0.2, -0.15) is 0 Å². The number of rotatable bonds is 4. The number of para-hydroxylation sites is 1. The number of ether oxygens (including phenoxy) is 1. The number of carboxylic acid groups (broad SMARTS) is 1. The third-order valence-electron chi connectivity index (χ3n) is 3.86. The molecule has 1 saturated carbocycles. The Balaban J connectivity index is 2.15. The van der Waals surface area contributed by atoms with Crippen LogP contribution in [0.5, 0.6) is 11.5 Å². The molecular formula is C15H19NO5. The van der Waals surface area contributed by atoms with Gasteiger partial charge in [-0.25, -0.2) is 0 Å². The Bertz CT molecular complexity index is 543. The average Bonchev–Trinajstić information content (AvgIpc) is 2.47. The first-order valence-corrected chi connectivity index (χ1v) is 6.94. The zero-order valence-corrected chi connectivity index (χ0v) is 11.8. The molecule has 0 spiro atoms. The van der Waals surface area contributed by atoms with Crippen molar-refractivity contribution in [3.8, 4) is 11.5 Å². The summed E-state index contributed by atoms with van der Waals surface area (Å²) >= 11 is 0. The largest absolute Gasteiger partial charge is 0.504 e. The normalized spacial score (nSPS) is 21.6. The molecular weight excluding hydrogens is 274 g/mol. The van der Waals surface area contributed by atoms with Gasteiger partial charge in [-0.3, -0.25) is 9.59 Å².